The average Bonchev–Trinajstić information content (AvgIpc) is 2.33. The molecule has 9 heteroatoms. The monoisotopic (exact) mass is 315 g/mol. The zero-order valence-corrected chi connectivity index (χ0v) is 10.6. The minimum Gasteiger partial charge on any atom is -0.480 e. The SMILES string of the molecule is CN[C@@H](Cc1cc(C(F)(F)F)cc(C(F)(F)F)c1)C(=O)O. The van der Waals surface area contributed by atoms with E-state index in [-0.39, 0.29) is 11.6 Å². The zero-order valence-electron chi connectivity index (χ0n) is 10.6. The van der Waals surface area contributed by atoms with Crippen LogP contribution in [0.3, 0.4) is 0 Å². The maximum Gasteiger partial charge on any atom is 0.416 e. The second-order valence-electron chi connectivity index (χ2n) is 4.30. The molecule has 21 heavy (non-hydrogen) atoms. The van der Waals surface area contributed by atoms with E-state index in [9.17, 15) is 31.1 Å². The number of carboxylic acids is 1. The van der Waals surface area contributed by atoms with E-state index in [4.69, 9.17) is 5.11 Å². The number of nitrogens with one attached hydrogen (secondary N) is 1. The van der Waals surface area contributed by atoms with Crippen LogP contribution in [0.15, 0.2) is 18.2 Å². The largest absolute Gasteiger partial charge is 0.480 e. The predicted octanol–water partition coefficient (Wildman–Crippen LogP) is 2.94. The van der Waals surface area contributed by atoms with E-state index in [1.54, 1.807) is 0 Å². The Kier molecular flexibility index (Phi) is 4.87. The highest BCUT2D eigenvalue weighted by Crippen LogP contribution is 2.36. The van der Waals surface area contributed by atoms with Crippen molar-refractivity contribution < 1.29 is 36.2 Å². The normalized spacial score (nSPS) is 14.0. The number of benzene rings is 1. The van der Waals surface area contributed by atoms with Crippen molar-refractivity contribution in [3.8, 4) is 0 Å². The topological polar surface area (TPSA) is 49.3 Å². The lowest BCUT2D eigenvalue weighted by Gasteiger charge is -2.16. The van der Waals surface area contributed by atoms with Crippen LogP contribution in [0.1, 0.15) is 16.7 Å². The van der Waals surface area contributed by atoms with Gasteiger partial charge in [-0.05, 0) is 37.2 Å². The summed E-state index contributed by atoms with van der Waals surface area (Å²) in [7, 11) is 1.25. The van der Waals surface area contributed by atoms with Crippen LogP contribution in [0.2, 0.25) is 0 Å². The summed E-state index contributed by atoms with van der Waals surface area (Å²) in [5.74, 6) is -1.37. The molecular formula is C12H11F6NO2. The van der Waals surface area contributed by atoms with E-state index < -0.39 is 41.9 Å². The molecule has 0 aliphatic heterocycles. The lowest BCUT2D eigenvalue weighted by molar-refractivity contribution is -0.143. The van der Waals surface area contributed by atoms with Crippen molar-refractivity contribution in [2.24, 2.45) is 0 Å². The first-order chi connectivity index (χ1) is 9.45. The fourth-order valence-electron chi connectivity index (χ4n) is 1.69. The molecule has 0 unspecified atom stereocenters. The lowest BCUT2D eigenvalue weighted by atomic mass is 9.99. The van der Waals surface area contributed by atoms with E-state index in [1.807, 2.05) is 0 Å². The first-order valence-electron chi connectivity index (χ1n) is 5.63. The second kappa shape index (κ2) is 5.92. The molecule has 0 saturated heterocycles. The van der Waals surface area contributed by atoms with Gasteiger partial charge in [0.25, 0.3) is 0 Å². The molecule has 2 N–H and O–H groups in total. The van der Waals surface area contributed by atoms with Gasteiger partial charge in [-0.1, -0.05) is 0 Å². The number of carboxylic acid groups (broad SMARTS) is 1. The molecule has 0 aliphatic carbocycles. The van der Waals surface area contributed by atoms with Crippen molar-refractivity contribution in [1.29, 1.82) is 0 Å². The van der Waals surface area contributed by atoms with Crippen LogP contribution < -0.4 is 5.32 Å². The van der Waals surface area contributed by atoms with Crippen LogP contribution in [0, 0.1) is 0 Å². The Morgan fingerprint density at radius 3 is 1.81 bits per heavy atom. The van der Waals surface area contributed by atoms with Gasteiger partial charge in [0, 0.05) is 0 Å². The van der Waals surface area contributed by atoms with E-state index in [0.717, 1.165) is 0 Å². The first kappa shape index (κ1) is 17.3. The van der Waals surface area contributed by atoms with Crippen molar-refractivity contribution in [2.75, 3.05) is 7.05 Å². The molecule has 0 saturated carbocycles. The molecule has 1 aromatic carbocycles. The maximum atomic E-state index is 12.6. The molecule has 0 bridgehead atoms. The minimum atomic E-state index is -4.95. The third-order valence-corrected chi connectivity index (χ3v) is 2.73. The quantitative estimate of drug-likeness (QED) is 0.840. The van der Waals surface area contributed by atoms with Gasteiger partial charge in [-0.3, -0.25) is 4.79 Å². The van der Waals surface area contributed by atoms with Gasteiger partial charge < -0.3 is 10.4 Å². The summed E-state index contributed by atoms with van der Waals surface area (Å²) in [5, 5.41) is 11.1. The van der Waals surface area contributed by atoms with E-state index >= 15 is 0 Å². The van der Waals surface area contributed by atoms with Crippen LogP contribution in [0.4, 0.5) is 26.3 Å². The molecule has 0 spiro atoms. The number of hydrogen-bond donors (Lipinski definition) is 2. The highest BCUT2D eigenvalue weighted by Gasteiger charge is 2.37. The number of carbonyl (C=O) groups is 1. The first-order valence-corrected chi connectivity index (χ1v) is 5.63. The molecule has 0 radical (unpaired) electrons. The highest BCUT2D eigenvalue weighted by atomic mass is 19.4. The molecule has 0 aromatic heterocycles. The van der Waals surface area contributed by atoms with Crippen molar-refractivity contribution in [3.05, 3.63) is 34.9 Å². The molecule has 0 heterocycles. The minimum absolute atomic E-state index is 0.00134. The summed E-state index contributed by atoms with van der Waals surface area (Å²) >= 11 is 0. The van der Waals surface area contributed by atoms with Gasteiger partial charge in [-0.25, -0.2) is 0 Å². The van der Waals surface area contributed by atoms with Crippen molar-refractivity contribution in [3.63, 3.8) is 0 Å². The molecule has 0 amide bonds. The molecular weight excluding hydrogens is 304 g/mol. The summed E-state index contributed by atoms with van der Waals surface area (Å²) in [4.78, 5) is 10.8. The van der Waals surface area contributed by atoms with Crippen LogP contribution in [0.25, 0.3) is 0 Å². The number of hydrogen-bond acceptors (Lipinski definition) is 2. The Morgan fingerprint density at radius 1 is 1.10 bits per heavy atom. The van der Waals surface area contributed by atoms with Gasteiger partial charge >= 0.3 is 18.3 Å². The third kappa shape index (κ3) is 4.62. The third-order valence-electron chi connectivity index (χ3n) is 2.73. The summed E-state index contributed by atoms with van der Waals surface area (Å²) in [6, 6.07) is -0.251. The number of halogens is 6. The smallest absolute Gasteiger partial charge is 0.416 e. The second-order valence-corrected chi connectivity index (χ2v) is 4.30. The van der Waals surface area contributed by atoms with Gasteiger partial charge in [0.2, 0.25) is 0 Å². The number of aliphatic carboxylic acids is 1. The molecule has 1 atom stereocenters. The van der Waals surface area contributed by atoms with E-state index in [1.165, 1.54) is 7.05 Å². The summed E-state index contributed by atoms with van der Waals surface area (Å²) in [6.45, 7) is 0. The van der Waals surface area contributed by atoms with Gasteiger partial charge in [-0.15, -0.1) is 0 Å². The molecule has 0 fully saturated rings. The Balaban J connectivity index is 3.29. The Labute approximate surface area is 115 Å². The standard InChI is InChI=1S/C12H11F6NO2/c1-19-9(10(20)21)4-6-2-7(11(13,14)15)5-8(3-6)12(16,17)18/h2-3,5,9,19H,4H2,1H3,(H,20,21)/t9-/m0/s1. The number of rotatable bonds is 4. The molecule has 1 rings (SSSR count). The fraction of sp³-hybridized carbons (Fsp3) is 0.417. The number of alkyl halides is 6. The van der Waals surface area contributed by atoms with Crippen molar-refractivity contribution in [1.82, 2.24) is 5.32 Å². The molecule has 118 valence electrons. The average molecular weight is 315 g/mol. The number of likely N-dealkylation sites (N-methyl/N-ethyl adjacent to an activating group) is 1. The van der Waals surface area contributed by atoms with E-state index in [2.05, 4.69) is 5.32 Å². The van der Waals surface area contributed by atoms with Crippen LogP contribution in [-0.4, -0.2) is 24.2 Å². The van der Waals surface area contributed by atoms with Gasteiger partial charge in [0.05, 0.1) is 11.1 Å². The summed E-state index contributed by atoms with van der Waals surface area (Å²) in [6.07, 6.45) is -10.4. The highest BCUT2D eigenvalue weighted by molar-refractivity contribution is 5.73. The van der Waals surface area contributed by atoms with Gasteiger partial charge in [0.1, 0.15) is 6.04 Å². The van der Waals surface area contributed by atoms with Crippen LogP contribution in [0.5, 0.6) is 0 Å². The van der Waals surface area contributed by atoms with Crippen molar-refractivity contribution in [2.45, 2.75) is 24.8 Å². The Bertz CT molecular complexity index is 491. The van der Waals surface area contributed by atoms with Gasteiger partial charge in [-0.2, -0.15) is 26.3 Å². The van der Waals surface area contributed by atoms with E-state index in [0.29, 0.717) is 12.1 Å². The molecule has 0 aliphatic rings. The van der Waals surface area contributed by atoms with Crippen molar-refractivity contribution >= 4 is 5.97 Å². The lowest BCUT2D eigenvalue weighted by Crippen LogP contribution is -2.35. The Morgan fingerprint density at radius 2 is 1.52 bits per heavy atom. The summed E-state index contributed by atoms with van der Waals surface area (Å²) in [5.41, 5.74) is -3.29. The van der Waals surface area contributed by atoms with Gasteiger partial charge in [0.15, 0.2) is 0 Å². The van der Waals surface area contributed by atoms with Crippen LogP contribution in [-0.2, 0) is 23.6 Å². The maximum absolute atomic E-state index is 12.6. The molecule has 3 nitrogen and oxygen atoms in total. The predicted molar refractivity (Wildman–Crippen MR) is 60.6 cm³/mol. The van der Waals surface area contributed by atoms with Crippen LogP contribution >= 0.6 is 0 Å². The fourth-order valence-corrected chi connectivity index (χ4v) is 1.69. The Hall–Kier alpha value is -1.77. The zero-order chi connectivity index (χ0) is 16.4. The summed E-state index contributed by atoms with van der Waals surface area (Å²) < 4.78 is 75.7. The molecule has 1 aromatic rings.